The molecule has 1 saturated carbocycles. The van der Waals surface area contributed by atoms with Crippen LogP contribution < -0.4 is 5.69 Å². The summed E-state index contributed by atoms with van der Waals surface area (Å²) in [5.41, 5.74) is -0.525. The van der Waals surface area contributed by atoms with E-state index in [-0.39, 0.29) is 11.6 Å². The summed E-state index contributed by atoms with van der Waals surface area (Å²) in [5.74, 6) is 0. The molecule has 1 atom stereocenters. The number of alkyl halides is 4. The third kappa shape index (κ3) is 4.70. The lowest BCUT2D eigenvalue weighted by atomic mass is 9.60. The van der Waals surface area contributed by atoms with Gasteiger partial charge in [-0.3, -0.25) is 13.9 Å². The van der Waals surface area contributed by atoms with Gasteiger partial charge < -0.3 is 4.74 Å². The smallest absolute Gasteiger partial charge is 0.381 e. The summed E-state index contributed by atoms with van der Waals surface area (Å²) in [7, 11) is 3.52. The van der Waals surface area contributed by atoms with E-state index in [1.54, 1.807) is 32.5 Å². The van der Waals surface area contributed by atoms with Crippen molar-refractivity contribution in [2.75, 3.05) is 27.2 Å². The van der Waals surface area contributed by atoms with Crippen LogP contribution in [0.15, 0.2) is 57.7 Å². The normalized spacial score (nSPS) is 25.0. The molecule has 1 aromatic carbocycles. The molecule has 0 N–H and O–H groups in total. The standard InChI is InChI=1S/C29H32F4N6O2/c1-18(37-9-7-21(30)8-10-37)19-11-24(29(31,32)33)25-16-38(27(40)39(25)15-19)22-6-4-5-20(12-22)28(13-23(14-28)41-3)26-35-34-17-36(26)2/h4-6,11-12,15-18,21,23H,7-10,13-14H2,1-3H3/q+1/t18-,23?,28?/m1/s1. The van der Waals surface area contributed by atoms with E-state index < -0.39 is 35.1 Å². The Kier molecular flexibility index (Phi) is 6.88. The number of hydrogen-bond acceptors (Lipinski definition) is 5. The van der Waals surface area contributed by atoms with E-state index in [0.717, 1.165) is 22.2 Å². The van der Waals surface area contributed by atoms with Crippen molar-refractivity contribution in [2.45, 2.75) is 62.5 Å². The number of azo groups is 1. The molecule has 0 bridgehead atoms. The molecule has 12 heteroatoms. The zero-order valence-electron chi connectivity index (χ0n) is 23.1. The minimum Gasteiger partial charge on any atom is -0.381 e. The number of likely N-dealkylation sites (tertiary alicyclic amines) is 1. The highest BCUT2D eigenvalue weighted by molar-refractivity contribution is 5.58. The summed E-state index contributed by atoms with van der Waals surface area (Å²) < 4.78 is 66.4. The van der Waals surface area contributed by atoms with Crippen molar-refractivity contribution in [2.24, 2.45) is 10.2 Å². The minimum absolute atomic E-state index is 0.0283. The Hall–Kier alpha value is -3.38. The Morgan fingerprint density at radius 1 is 1.15 bits per heavy atom. The fourth-order valence-electron chi connectivity index (χ4n) is 6.42. The van der Waals surface area contributed by atoms with Gasteiger partial charge in [-0.15, -0.1) is 0 Å². The summed E-state index contributed by atoms with van der Waals surface area (Å²) in [6.07, 6.45) is 1.57. The second kappa shape index (κ2) is 10.2. The second-order valence-electron chi connectivity index (χ2n) is 11.3. The molecule has 0 amide bonds. The maximum atomic E-state index is 14.3. The molecule has 0 unspecified atom stereocenters. The highest BCUT2D eigenvalue weighted by Crippen LogP contribution is 2.53. The molecule has 3 aromatic rings. The molecular weight excluding hydrogens is 540 g/mol. The van der Waals surface area contributed by atoms with E-state index in [9.17, 15) is 22.4 Å². The predicted octanol–water partition coefficient (Wildman–Crippen LogP) is 5.28. The van der Waals surface area contributed by atoms with Crippen LogP contribution in [0.2, 0.25) is 0 Å². The van der Waals surface area contributed by atoms with Gasteiger partial charge in [0.1, 0.15) is 6.17 Å². The number of nitrogens with zero attached hydrogens (tertiary/aromatic N) is 6. The van der Waals surface area contributed by atoms with Crippen LogP contribution in [0.4, 0.5) is 17.6 Å². The number of halogens is 4. The van der Waals surface area contributed by atoms with Gasteiger partial charge in [-0.1, -0.05) is 12.1 Å². The Labute approximate surface area is 234 Å². The Morgan fingerprint density at radius 2 is 1.88 bits per heavy atom. The highest BCUT2D eigenvalue weighted by atomic mass is 19.4. The number of imidazole rings is 1. The zero-order chi connectivity index (χ0) is 29.1. The van der Waals surface area contributed by atoms with E-state index in [1.165, 1.54) is 17.0 Å². The fraction of sp³-hybridized carbons (Fsp3) is 0.483. The number of fused-ring (bicyclic) bond motifs is 1. The first-order valence-electron chi connectivity index (χ1n) is 13.7. The average molecular weight is 573 g/mol. The van der Waals surface area contributed by atoms with Gasteiger partial charge in [0.2, 0.25) is 0 Å². The molecule has 217 valence electrons. The van der Waals surface area contributed by atoms with Crippen LogP contribution in [0.5, 0.6) is 0 Å². The zero-order valence-corrected chi connectivity index (χ0v) is 23.1. The molecule has 1 radical (unpaired) electrons. The first-order chi connectivity index (χ1) is 19.5. The number of ether oxygens (including phenoxy) is 1. The van der Waals surface area contributed by atoms with Gasteiger partial charge in [0.25, 0.3) is 0 Å². The van der Waals surface area contributed by atoms with Gasteiger partial charge in [0.05, 0.1) is 40.4 Å². The lowest BCUT2D eigenvalue weighted by Crippen LogP contribution is -2.51. The van der Waals surface area contributed by atoms with E-state index in [0.29, 0.717) is 50.0 Å². The molecule has 1 aliphatic carbocycles. The number of pyridine rings is 1. The first-order valence-corrected chi connectivity index (χ1v) is 13.7. The second-order valence-corrected chi connectivity index (χ2v) is 11.3. The van der Waals surface area contributed by atoms with Crippen molar-refractivity contribution in [1.82, 2.24) is 13.9 Å². The van der Waals surface area contributed by atoms with Gasteiger partial charge >= 0.3 is 24.4 Å². The van der Waals surface area contributed by atoms with Crippen molar-refractivity contribution in [3.8, 4) is 5.69 Å². The largest absolute Gasteiger partial charge is 0.418 e. The molecule has 3 aliphatic rings. The minimum atomic E-state index is -4.68. The number of likely N-dealkylation sites (N-methyl/N-ethyl adjacent to an activating group) is 1. The Balaban J connectivity index is 1.43. The van der Waals surface area contributed by atoms with Gasteiger partial charge in [0, 0.05) is 38.6 Å². The van der Waals surface area contributed by atoms with Gasteiger partial charge in [-0.05, 0) is 67.0 Å². The Morgan fingerprint density at radius 3 is 2.51 bits per heavy atom. The number of benzene rings is 1. The van der Waals surface area contributed by atoms with Gasteiger partial charge in [-0.2, -0.15) is 13.2 Å². The number of hydrogen-bond donors (Lipinski definition) is 0. The maximum Gasteiger partial charge on any atom is 0.418 e. The van der Waals surface area contributed by atoms with Crippen LogP contribution >= 0.6 is 0 Å². The molecule has 2 fully saturated rings. The lowest BCUT2D eigenvalue weighted by Gasteiger charge is -2.46. The topological polar surface area (TPSA) is 66.6 Å². The van der Waals surface area contributed by atoms with Crippen LogP contribution in [0.1, 0.15) is 55.3 Å². The summed E-state index contributed by atoms with van der Waals surface area (Å²) >= 11 is 0. The molecule has 8 nitrogen and oxygen atoms in total. The third-order valence-electron chi connectivity index (χ3n) is 8.88. The van der Waals surface area contributed by atoms with E-state index in [1.807, 2.05) is 28.7 Å². The molecule has 2 aliphatic heterocycles. The monoisotopic (exact) mass is 572 g/mol. The summed E-state index contributed by atoms with van der Waals surface area (Å²) in [6.45, 7) is 2.69. The van der Waals surface area contributed by atoms with Crippen molar-refractivity contribution >= 4 is 11.9 Å². The maximum absolute atomic E-state index is 14.3. The average Bonchev–Trinajstić information content (AvgIpc) is 3.50. The number of aromatic nitrogens is 2. The van der Waals surface area contributed by atoms with Gasteiger partial charge in [-0.25, -0.2) is 13.8 Å². The molecule has 0 spiro atoms. The number of methoxy groups -OCH3 is 1. The lowest BCUT2D eigenvalue weighted by molar-refractivity contribution is -0.489. The molecule has 4 heterocycles. The first kappa shape index (κ1) is 27.8. The quantitative estimate of drug-likeness (QED) is 0.298. The third-order valence-corrected chi connectivity index (χ3v) is 8.88. The molecule has 1 saturated heterocycles. The van der Waals surface area contributed by atoms with Crippen LogP contribution in [-0.4, -0.2) is 64.3 Å². The molecular formula is C29H32F4N6O2+. The van der Waals surface area contributed by atoms with Crippen molar-refractivity contribution in [3.63, 3.8) is 0 Å². The van der Waals surface area contributed by atoms with Crippen molar-refractivity contribution < 1.29 is 26.9 Å². The highest BCUT2D eigenvalue weighted by Gasteiger charge is 2.58. The van der Waals surface area contributed by atoms with Crippen LogP contribution in [0.3, 0.4) is 0 Å². The summed E-state index contributed by atoms with van der Waals surface area (Å²) in [5, 5.41) is 8.40. The fourth-order valence-corrected chi connectivity index (χ4v) is 6.42. The molecule has 41 heavy (non-hydrogen) atoms. The summed E-state index contributed by atoms with van der Waals surface area (Å²) in [6, 6.07) is 7.98. The Bertz CT molecular complexity index is 1580. The van der Waals surface area contributed by atoms with E-state index in [2.05, 4.69) is 10.2 Å². The van der Waals surface area contributed by atoms with Gasteiger partial charge in [0.15, 0.2) is 0 Å². The van der Waals surface area contributed by atoms with Crippen LogP contribution in [-0.2, 0) is 16.3 Å². The molecule has 2 aromatic heterocycles. The van der Waals surface area contributed by atoms with Crippen molar-refractivity contribution in [3.05, 3.63) is 76.1 Å². The number of rotatable bonds is 6. The number of piperidine rings is 1. The summed E-state index contributed by atoms with van der Waals surface area (Å²) in [4.78, 5) is 15.6. The van der Waals surface area contributed by atoms with E-state index in [4.69, 9.17) is 4.74 Å². The van der Waals surface area contributed by atoms with E-state index >= 15 is 0 Å². The van der Waals surface area contributed by atoms with Crippen LogP contribution in [0, 0.1) is 6.17 Å². The molecule has 6 rings (SSSR count). The SMILES string of the molecule is COC1CC([C]2N=NC=[N+]2C)(c2cccc(-n3cc4c(C(F)(F)F)cc([C@@H](C)N5CCC(F)CC5)cn4c3=O)c2)C1. The van der Waals surface area contributed by atoms with Crippen LogP contribution in [0.25, 0.3) is 11.2 Å². The predicted molar refractivity (Wildman–Crippen MR) is 144 cm³/mol. The van der Waals surface area contributed by atoms with Crippen molar-refractivity contribution in [1.29, 1.82) is 0 Å².